The quantitative estimate of drug-likeness (QED) is 0.302. The van der Waals surface area contributed by atoms with Gasteiger partial charge in [-0.25, -0.2) is 0 Å². The molecular weight excluding hydrogens is 418 g/mol. The number of fused-ring (bicyclic) bond motifs is 1. The number of hydrogen-bond acceptors (Lipinski definition) is 7. The number of H-pyrrole nitrogens is 1. The molecule has 0 aliphatic carbocycles. The van der Waals surface area contributed by atoms with E-state index in [1.807, 2.05) is 30.3 Å². The summed E-state index contributed by atoms with van der Waals surface area (Å²) in [5.74, 6) is 2.39. The van der Waals surface area contributed by atoms with Crippen molar-refractivity contribution in [2.75, 3.05) is 20.8 Å². The zero-order chi connectivity index (χ0) is 23.4. The summed E-state index contributed by atoms with van der Waals surface area (Å²) in [6.45, 7) is 2.80. The normalized spacial score (nSPS) is 12.3. The van der Waals surface area contributed by atoms with Crippen molar-refractivity contribution in [1.29, 1.82) is 0 Å². The summed E-state index contributed by atoms with van der Waals surface area (Å²) in [6, 6.07) is 11.8. The summed E-state index contributed by atoms with van der Waals surface area (Å²) in [5.41, 5.74) is 17.0. The molecule has 8 nitrogen and oxygen atoms in total. The summed E-state index contributed by atoms with van der Waals surface area (Å²) >= 11 is 0. The molecule has 1 unspecified atom stereocenters. The fraction of sp³-hybridized carbons (Fsp3) is 0.360. The van der Waals surface area contributed by atoms with Gasteiger partial charge in [-0.15, -0.1) is 0 Å². The lowest BCUT2D eigenvalue weighted by Crippen LogP contribution is -2.11. The minimum absolute atomic E-state index is 0.281. The number of nitrogens with zero attached hydrogens (tertiary/aromatic N) is 2. The first kappa shape index (κ1) is 22.8. The van der Waals surface area contributed by atoms with E-state index >= 15 is 0 Å². The average Bonchev–Trinajstić information content (AvgIpc) is 3.48. The lowest BCUT2D eigenvalue weighted by Gasteiger charge is -2.10. The maximum absolute atomic E-state index is 6.21. The number of rotatable bonds is 10. The number of unbranched alkanes of at least 4 members (excludes halogenated alkanes) is 1. The Morgan fingerprint density at radius 1 is 1.03 bits per heavy atom. The number of aromatic amines is 1. The van der Waals surface area contributed by atoms with Crippen LogP contribution < -0.4 is 20.9 Å². The van der Waals surface area contributed by atoms with Crippen molar-refractivity contribution < 1.29 is 14.0 Å². The number of nitrogens with one attached hydrogen (secondary N) is 1. The fourth-order valence-corrected chi connectivity index (χ4v) is 4.13. The Bertz CT molecular complexity index is 1230. The van der Waals surface area contributed by atoms with E-state index in [1.165, 1.54) is 5.56 Å². The second-order valence-electron chi connectivity index (χ2n) is 8.01. The van der Waals surface area contributed by atoms with Crippen LogP contribution in [0.25, 0.3) is 33.5 Å². The molecule has 0 amide bonds. The van der Waals surface area contributed by atoms with Gasteiger partial charge in [-0.2, -0.15) is 4.98 Å². The van der Waals surface area contributed by atoms with Crippen molar-refractivity contribution in [2.24, 2.45) is 11.5 Å². The summed E-state index contributed by atoms with van der Waals surface area (Å²) in [7, 11) is 3.28. The molecule has 2 aromatic carbocycles. The van der Waals surface area contributed by atoms with E-state index < -0.39 is 0 Å². The van der Waals surface area contributed by atoms with Crippen molar-refractivity contribution >= 4 is 10.9 Å². The lowest BCUT2D eigenvalue weighted by molar-refractivity contribution is 0.346. The smallest absolute Gasteiger partial charge is 0.243 e. The second-order valence-corrected chi connectivity index (χ2v) is 8.01. The molecule has 0 bridgehead atoms. The van der Waals surface area contributed by atoms with Crippen LogP contribution in [-0.4, -0.2) is 35.9 Å². The molecule has 0 spiro atoms. The molecule has 2 heterocycles. The Kier molecular flexibility index (Phi) is 6.96. The molecule has 4 rings (SSSR count). The average molecular weight is 450 g/mol. The van der Waals surface area contributed by atoms with E-state index in [2.05, 4.69) is 28.1 Å². The van der Waals surface area contributed by atoms with Gasteiger partial charge < -0.3 is 30.4 Å². The number of benzene rings is 2. The van der Waals surface area contributed by atoms with Crippen LogP contribution in [0, 0.1) is 0 Å². The highest BCUT2D eigenvalue weighted by Gasteiger charge is 2.18. The molecule has 0 fully saturated rings. The molecule has 33 heavy (non-hydrogen) atoms. The number of ether oxygens (including phenoxy) is 2. The van der Waals surface area contributed by atoms with E-state index in [0.717, 1.165) is 53.4 Å². The van der Waals surface area contributed by atoms with Gasteiger partial charge in [0.15, 0.2) is 11.5 Å². The SMILES string of the molecule is CCc1c(-c2ccc(OC)c(OC)c2)[nH]c2ccc(-c3noc(C(N)CCCCN)n3)cc12. The molecule has 8 heteroatoms. The highest BCUT2D eigenvalue weighted by molar-refractivity contribution is 5.93. The van der Waals surface area contributed by atoms with Crippen LogP contribution >= 0.6 is 0 Å². The van der Waals surface area contributed by atoms with Crippen LogP contribution in [0.4, 0.5) is 0 Å². The number of hydrogen-bond donors (Lipinski definition) is 3. The van der Waals surface area contributed by atoms with E-state index in [-0.39, 0.29) is 6.04 Å². The molecule has 0 aliphatic heterocycles. The van der Waals surface area contributed by atoms with Gasteiger partial charge in [-0.3, -0.25) is 0 Å². The van der Waals surface area contributed by atoms with Gasteiger partial charge in [0.2, 0.25) is 11.7 Å². The van der Waals surface area contributed by atoms with Gasteiger partial charge >= 0.3 is 0 Å². The first-order valence-corrected chi connectivity index (χ1v) is 11.3. The monoisotopic (exact) mass is 449 g/mol. The molecule has 0 radical (unpaired) electrons. The number of aryl methyl sites for hydroxylation is 1. The highest BCUT2D eigenvalue weighted by atomic mass is 16.5. The van der Waals surface area contributed by atoms with Crippen LogP contribution in [0.2, 0.25) is 0 Å². The fourth-order valence-electron chi connectivity index (χ4n) is 4.13. The third-order valence-electron chi connectivity index (χ3n) is 5.92. The van der Waals surface area contributed by atoms with Crippen LogP contribution in [-0.2, 0) is 6.42 Å². The molecule has 0 aliphatic rings. The van der Waals surface area contributed by atoms with Crippen molar-refractivity contribution in [3.63, 3.8) is 0 Å². The predicted octanol–water partition coefficient (Wildman–Crippen LogP) is 4.59. The molecule has 1 atom stereocenters. The zero-order valence-corrected chi connectivity index (χ0v) is 19.4. The molecule has 174 valence electrons. The largest absolute Gasteiger partial charge is 0.493 e. The van der Waals surface area contributed by atoms with Crippen LogP contribution in [0.1, 0.15) is 43.7 Å². The summed E-state index contributed by atoms with van der Waals surface area (Å²) in [6.07, 6.45) is 3.49. The minimum atomic E-state index is -0.281. The predicted molar refractivity (Wildman–Crippen MR) is 129 cm³/mol. The zero-order valence-electron chi connectivity index (χ0n) is 19.4. The first-order chi connectivity index (χ1) is 16.1. The lowest BCUT2D eigenvalue weighted by atomic mass is 10.0. The Hall–Kier alpha value is -3.36. The van der Waals surface area contributed by atoms with Crippen molar-refractivity contribution in [3.8, 4) is 34.1 Å². The molecule has 0 saturated heterocycles. The third-order valence-corrected chi connectivity index (χ3v) is 5.92. The molecule has 5 N–H and O–H groups in total. The van der Waals surface area contributed by atoms with Crippen LogP contribution in [0.15, 0.2) is 40.9 Å². The van der Waals surface area contributed by atoms with Gasteiger partial charge in [0, 0.05) is 27.7 Å². The van der Waals surface area contributed by atoms with Crippen LogP contribution in [0.3, 0.4) is 0 Å². The van der Waals surface area contributed by atoms with Gasteiger partial charge in [-0.1, -0.05) is 18.5 Å². The molecule has 0 saturated carbocycles. The molecular formula is C25H31N5O3. The first-order valence-electron chi connectivity index (χ1n) is 11.3. The Balaban J connectivity index is 1.68. The molecule has 2 aromatic heterocycles. The van der Waals surface area contributed by atoms with E-state index in [0.29, 0.717) is 29.8 Å². The maximum Gasteiger partial charge on any atom is 0.243 e. The van der Waals surface area contributed by atoms with E-state index in [4.69, 9.17) is 25.5 Å². The third kappa shape index (κ3) is 4.58. The standard InChI is InChI=1S/C25H31N5O3/c1-4-17-18-13-16(24-29-25(33-30-24)19(27)7-5-6-12-26)8-10-20(18)28-23(17)15-9-11-21(31-2)22(14-15)32-3/h8-11,13-14,19,28H,4-7,12,26-27H2,1-3H3. The van der Waals surface area contributed by atoms with Crippen molar-refractivity contribution in [3.05, 3.63) is 47.9 Å². The Labute approximate surface area is 193 Å². The van der Waals surface area contributed by atoms with E-state index in [9.17, 15) is 0 Å². The van der Waals surface area contributed by atoms with Gasteiger partial charge in [0.1, 0.15) is 0 Å². The van der Waals surface area contributed by atoms with Gasteiger partial charge in [-0.05, 0) is 67.8 Å². The van der Waals surface area contributed by atoms with Gasteiger partial charge in [0.25, 0.3) is 0 Å². The second kappa shape index (κ2) is 10.1. The summed E-state index contributed by atoms with van der Waals surface area (Å²) < 4.78 is 16.3. The summed E-state index contributed by atoms with van der Waals surface area (Å²) in [5, 5.41) is 5.30. The van der Waals surface area contributed by atoms with Crippen LogP contribution in [0.5, 0.6) is 11.5 Å². The summed E-state index contributed by atoms with van der Waals surface area (Å²) in [4.78, 5) is 8.11. The van der Waals surface area contributed by atoms with E-state index in [1.54, 1.807) is 14.2 Å². The molecule has 4 aromatic rings. The van der Waals surface area contributed by atoms with Gasteiger partial charge in [0.05, 0.1) is 20.3 Å². The highest BCUT2D eigenvalue weighted by Crippen LogP contribution is 2.37. The Morgan fingerprint density at radius 3 is 2.55 bits per heavy atom. The number of methoxy groups -OCH3 is 2. The number of aromatic nitrogens is 3. The Morgan fingerprint density at radius 2 is 1.82 bits per heavy atom. The minimum Gasteiger partial charge on any atom is -0.493 e. The topological polar surface area (TPSA) is 125 Å². The number of nitrogens with two attached hydrogens (primary N) is 2. The van der Waals surface area contributed by atoms with Crippen molar-refractivity contribution in [1.82, 2.24) is 15.1 Å². The maximum atomic E-state index is 6.21. The van der Waals surface area contributed by atoms with Crippen molar-refractivity contribution in [2.45, 2.75) is 38.6 Å².